The molecule has 0 radical (unpaired) electrons. The molecule has 1 aromatic rings. The smallest absolute Gasteiger partial charge is 0.163 e. The van der Waals surface area contributed by atoms with Crippen LogP contribution in [-0.4, -0.2) is 12.3 Å². The number of carbonyl (C=O) groups excluding carboxylic acids is 1. The van der Waals surface area contributed by atoms with Gasteiger partial charge in [-0.1, -0.05) is 25.8 Å². The average Bonchev–Trinajstić information content (AvgIpc) is 2.40. The minimum absolute atomic E-state index is 0.281. The van der Waals surface area contributed by atoms with Gasteiger partial charge in [0.2, 0.25) is 0 Å². The number of hydrogen-bond donors (Lipinski definition) is 1. The third-order valence-electron chi connectivity index (χ3n) is 4.19. The van der Waals surface area contributed by atoms with E-state index >= 15 is 0 Å². The molecule has 2 nitrogen and oxygen atoms in total. The van der Waals surface area contributed by atoms with Crippen molar-refractivity contribution in [2.75, 3.05) is 6.54 Å². The van der Waals surface area contributed by atoms with Crippen LogP contribution in [0.15, 0.2) is 12.1 Å². The zero-order valence-corrected chi connectivity index (χ0v) is 13.5. The average molecular weight is 275 g/mol. The Morgan fingerprint density at radius 2 is 1.70 bits per heavy atom. The number of aryl methyl sites for hydroxylation is 3. The van der Waals surface area contributed by atoms with Gasteiger partial charge in [-0.2, -0.15) is 0 Å². The maximum Gasteiger partial charge on any atom is 0.163 e. The number of Topliss-reactive ketones (excluding diaryl/α,β-unsaturated/α-hetero) is 1. The largest absolute Gasteiger partial charge is 0.330 e. The molecule has 1 atom stereocenters. The zero-order valence-electron chi connectivity index (χ0n) is 13.5. The Kier molecular flexibility index (Phi) is 6.94. The summed E-state index contributed by atoms with van der Waals surface area (Å²) in [6.07, 6.45) is 5.00. The molecule has 0 bridgehead atoms. The standard InChI is InChI=1S/C18H29NO/c1-5-6-16(9-10-19)7-8-18(20)17-12-14(3)13(2)11-15(17)4/h11-12,16H,5-10,19H2,1-4H3. The van der Waals surface area contributed by atoms with Crippen molar-refractivity contribution in [1.29, 1.82) is 0 Å². The lowest BCUT2D eigenvalue weighted by Crippen LogP contribution is -2.11. The zero-order chi connectivity index (χ0) is 15.1. The molecule has 0 heterocycles. The first kappa shape index (κ1) is 16.9. The van der Waals surface area contributed by atoms with Crippen molar-refractivity contribution in [1.82, 2.24) is 0 Å². The summed E-state index contributed by atoms with van der Waals surface area (Å²) < 4.78 is 0. The molecule has 0 amide bonds. The van der Waals surface area contributed by atoms with E-state index in [0.717, 1.165) is 30.5 Å². The topological polar surface area (TPSA) is 43.1 Å². The number of benzene rings is 1. The molecule has 0 fully saturated rings. The van der Waals surface area contributed by atoms with Crippen LogP contribution in [0, 0.1) is 26.7 Å². The Hall–Kier alpha value is -1.15. The molecule has 0 aliphatic rings. The van der Waals surface area contributed by atoms with E-state index in [4.69, 9.17) is 5.73 Å². The maximum atomic E-state index is 12.4. The van der Waals surface area contributed by atoms with E-state index in [1.807, 2.05) is 13.0 Å². The summed E-state index contributed by atoms with van der Waals surface area (Å²) in [5.74, 6) is 0.879. The fourth-order valence-corrected chi connectivity index (χ4v) is 2.81. The third kappa shape index (κ3) is 4.75. The van der Waals surface area contributed by atoms with Gasteiger partial charge in [0.05, 0.1) is 0 Å². The van der Waals surface area contributed by atoms with Gasteiger partial charge in [-0.3, -0.25) is 4.79 Å². The first-order chi connectivity index (χ1) is 9.49. The lowest BCUT2D eigenvalue weighted by atomic mass is 9.90. The van der Waals surface area contributed by atoms with Crippen LogP contribution < -0.4 is 5.73 Å². The highest BCUT2D eigenvalue weighted by molar-refractivity contribution is 5.97. The van der Waals surface area contributed by atoms with Gasteiger partial charge in [0.15, 0.2) is 5.78 Å². The highest BCUT2D eigenvalue weighted by Gasteiger charge is 2.14. The van der Waals surface area contributed by atoms with Crippen LogP contribution >= 0.6 is 0 Å². The first-order valence-corrected chi connectivity index (χ1v) is 7.80. The summed E-state index contributed by atoms with van der Waals surface area (Å²) in [6, 6.07) is 4.16. The van der Waals surface area contributed by atoms with Crippen molar-refractivity contribution >= 4 is 5.78 Å². The van der Waals surface area contributed by atoms with Crippen LogP contribution in [-0.2, 0) is 0 Å². The van der Waals surface area contributed by atoms with E-state index in [2.05, 4.69) is 26.8 Å². The molecule has 0 aliphatic heterocycles. The highest BCUT2D eigenvalue weighted by Crippen LogP contribution is 2.21. The molecule has 0 aromatic heterocycles. The van der Waals surface area contributed by atoms with Crippen LogP contribution in [0.3, 0.4) is 0 Å². The molecule has 112 valence electrons. The van der Waals surface area contributed by atoms with Crippen LogP contribution in [0.2, 0.25) is 0 Å². The van der Waals surface area contributed by atoms with Crippen molar-refractivity contribution in [3.8, 4) is 0 Å². The van der Waals surface area contributed by atoms with E-state index < -0.39 is 0 Å². The lowest BCUT2D eigenvalue weighted by Gasteiger charge is -2.15. The number of rotatable bonds is 8. The maximum absolute atomic E-state index is 12.4. The molecule has 1 rings (SSSR count). The predicted octanol–water partition coefficient (Wildman–Crippen LogP) is 4.34. The SMILES string of the molecule is CCCC(CCN)CCC(=O)c1cc(C)c(C)cc1C. The van der Waals surface area contributed by atoms with Gasteiger partial charge in [0, 0.05) is 12.0 Å². The summed E-state index contributed by atoms with van der Waals surface area (Å²) in [7, 11) is 0. The van der Waals surface area contributed by atoms with Crippen LogP contribution in [0.25, 0.3) is 0 Å². The fourth-order valence-electron chi connectivity index (χ4n) is 2.81. The van der Waals surface area contributed by atoms with E-state index in [-0.39, 0.29) is 5.78 Å². The summed E-state index contributed by atoms with van der Waals surface area (Å²) in [5.41, 5.74) is 10.1. The molecule has 2 heteroatoms. The molecule has 0 spiro atoms. The number of hydrogen-bond acceptors (Lipinski definition) is 2. The van der Waals surface area contributed by atoms with Crippen LogP contribution in [0.4, 0.5) is 0 Å². The van der Waals surface area contributed by atoms with Crippen LogP contribution in [0.1, 0.15) is 66.1 Å². The molecule has 2 N–H and O–H groups in total. The van der Waals surface area contributed by atoms with Crippen molar-refractivity contribution in [2.24, 2.45) is 11.7 Å². The first-order valence-electron chi connectivity index (χ1n) is 7.80. The number of ketones is 1. The molecule has 20 heavy (non-hydrogen) atoms. The van der Waals surface area contributed by atoms with E-state index in [9.17, 15) is 4.79 Å². The second-order valence-corrected chi connectivity index (χ2v) is 5.95. The number of nitrogens with two attached hydrogens (primary N) is 1. The molecule has 1 aromatic carbocycles. The lowest BCUT2D eigenvalue weighted by molar-refractivity contribution is 0.0971. The minimum Gasteiger partial charge on any atom is -0.330 e. The quantitative estimate of drug-likeness (QED) is 0.717. The summed E-state index contributed by atoms with van der Waals surface area (Å²) >= 11 is 0. The predicted molar refractivity (Wildman–Crippen MR) is 86.3 cm³/mol. The van der Waals surface area contributed by atoms with Crippen LogP contribution in [0.5, 0.6) is 0 Å². The van der Waals surface area contributed by atoms with Crippen molar-refractivity contribution in [3.05, 3.63) is 34.4 Å². The van der Waals surface area contributed by atoms with Crippen molar-refractivity contribution < 1.29 is 4.79 Å². The fraction of sp³-hybridized carbons (Fsp3) is 0.611. The second kappa shape index (κ2) is 8.21. The second-order valence-electron chi connectivity index (χ2n) is 5.95. The highest BCUT2D eigenvalue weighted by atomic mass is 16.1. The molecule has 0 saturated heterocycles. The Morgan fingerprint density at radius 3 is 2.30 bits per heavy atom. The Bertz CT molecular complexity index is 445. The van der Waals surface area contributed by atoms with E-state index in [1.165, 1.54) is 24.0 Å². The minimum atomic E-state index is 0.281. The van der Waals surface area contributed by atoms with Gasteiger partial charge >= 0.3 is 0 Å². The van der Waals surface area contributed by atoms with Gasteiger partial charge in [-0.25, -0.2) is 0 Å². The summed E-state index contributed by atoms with van der Waals surface area (Å²) in [4.78, 5) is 12.4. The van der Waals surface area contributed by atoms with Gasteiger partial charge in [-0.15, -0.1) is 0 Å². The summed E-state index contributed by atoms with van der Waals surface area (Å²) in [5, 5.41) is 0. The molecule has 1 unspecified atom stereocenters. The molecular formula is C18H29NO. The molecular weight excluding hydrogens is 246 g/mol. The molecule has 0 saturated carbocycles. The van der Waals surface area contributed by atoms with Gasteiger partial charge < -0.3 is 5.73 Å². The van der Waals surface area contributed by atoms with Gasteiger partial charge in [-0.05, 0) is 68.8 Å². The Balaban J connectivity index is 2.69. The number of carbonyl (C=O) groups is 1. The molecule has 0 aliphatic carbocycles. The summed E-state index contributed by atoms with van der Waals surface area (Å²) in [6.45, 7) is 9.11. The van der Waals surface area contributed by atoms with Gasteiger partial charge in [0.1, 0.15) is 0 Å². The van der Waals surface area contributed by atoms with E-state index in [0.29, 0.717) is 12.3 Å². The van der Waals surface area contributed by atoms with Crippen molar-refractivity contribution in [2.45, 2.75) is 59.8 Å². The van der Waals surface area contributed by atoms with E-state index in [1.54, 1.807) is 0 Å². The third-order valence-corrected chi connectivity index (χ3v) is 4.19. The monoisotopic (exact) mass is 275 g/mol. The normalized spacial score (nSPS) is 12.4. The van der Waals surface area contributed by atoms with Gasteiger partial charge in [0.25, 0.3) is 0 Å². The Morgan fingerprint density at radius 1 is 1.05 bits per heavy atom. The Labute approximate surface area is 123 Å². The van der Waals surface area contributed by atoms with Crippen molar-refractivity contribution in [3.63, 3.8) is 0 Å².